The van der Waals surface area contributed by atoms with Crippen LogP contribution in [0.1, 0.15) is 58.9 Å². The molecular weight excluding hydrogens is 456 g/mol. The molecule has 4 rings (SSSR count). The zero-order valence-electron chi connectivity index (χ0n) is 20.9. The number of benzene rings is 2. The van der Waals surface area contributed by atoms with Crippen molar-refractivity contribution in [1.29, 1.82) is 0 Å². The lowest BCUT2D eigenvalue weighted by molar-refractivity contribution is 0.0691. The minimum atomic E-state index is -1.24. The summed E-state index contributed by atoms with van der Waals surface area (Å²) in [5.41, 5.74) is 2.13. The van der Waals surface area contributed by atoms with E-state index in [9.17, 15) is 14.7 Å². The zero-order valence-corrected chi connectivity index (χ0v) is 20.9. The van der Waals surface area contributed by atoms with Crippen molar-refractivity contribution in [3.63, 3.8) is 0 Å². The standard InChI is InChI=1S/C29H34N2O5/c1-3-4-16-36-28-25-20-30(15-17-35-2)19-24(31(25)18-23(27(28)32)29(33)34)26(21-11-7-5-8-12-21)22-13-9-6-10-14-22/h5-14,18,24,26H,3-4,15-17,19-20H2,1-2H3,(H,33,34)/t24-/m1/s1. The number of pyridine rings is 1. The van der Waals surface area contributed by atoms with Crippen LogP contribution in [-0.4, -0.2) is 54.0 Å². The number of ether oxygens (including phenoxy) is 2. The van der Waals surface area contributed by atoms with Crippen molar-refractivity contribution in [2.75, 3.05) is 33.4 Å². The van der Waals surface area contributed by atoms with Gasteiger partial charge in [-0.3, -0.25) is 9.69 Å². The molecule has 0 saturated carbocycles. The Hall–Kier alpha value is -3.42. The lowest BCUT2D eigenvalue weighted by Gasteiger charge is -2.41. The molecule has 7 heteroatoms. The van der Waals surface area contributed by atoms with Crippen molar-refractivity contribution >= 4 is 5.97 Å². The van der Waals surface area contributed by atoms with E-state index < -0.39 is 11.4 Å². The summed E-state index contributed by atoms with van der Waals surface area (Å²) < 4.78 is 13.4. The van der Waals surface area contributed by atoms with Crippen LogP contribution in [0.4, 0.5) is 0 Å². The normalized spacial score (nSPS) is 15.6. The Labute approximate surface area is 211 Å². The molecule has 0 aliphatic carbocycles. The molecular formula is C29H34N2O5. The van der Waals surface area contributed by atoms with Gasteiger partial charge in [0.05, 0.1) is 24.9 Å². The van der Waals surface area contributed by atoms with Crippen LogP contribution in [0.2, 0.25) is 0 Å². The summed E-state index contributed by atoms with van der Waals surface area (Å²) in [5, 5.41) is 9.89. The van der Waals surface area contributed by atoms with E-state index in [1.165, 1.54) is 6.20 Å². The first-order chi connectivity index (χ1) is 17.5. The van der Waals surface area contributed by atoms with Crippen molar-refractivity contribution in [2.24, 2.45) is 0 Å². The second kappa shape index (κ2) is 12.0. The van der Waals surface area contributed by atoms with Gasteiger partial charge >= 0.3 is 5.97 Å². The van der Waals surface area contributed by atoms with E-state index >= 15 is 0 Å². The summed E-state index contributed by atoms with van der Waals surface area (Å²) in [6.07, 6.45) is 3.21. The van der Waals surface area contributed by atoms with Crippen LogP contribution in [0, 0.1) is 0 Å². The molecule has 2 heterocycles. The van der Waals surface area contributed by atoms with E-state index in [1.54, 1.807) is 7.11 Å². The van der Waals surface area contributed by atoms with E-state index in [2.05, 4.69) is 29.2 Å². The highest BCUT2D eigenvalue weighted by atomic mass is 16.5. The van der Waals surface area contributed by atoms with Crippen LogP contribution in [-0.2, 0) is 11.3 Å². The molecule has 0 fully saturated rings. The van der Waals surface area contributed by atoms with E-state index in [-0.39, 0.29) is 23.3 Å². The average molecular weight is 491 g/mol. The van der Waals surface area contributed by atoms with E-state index in [4.69, 9.17) is 9.47 Å². The van der Waals surface area contributed by atoms with Crippen LogP contribution < -0.4 is 10.2 Å². The van der Waals surface area contributed by atoms with Gasteiger partial charge in [0.25, 0.3) is 0 Å². The Balaban J connectivity index is 1.92. The van der Waals surface area contributed by atoms with Crippen LogP contribution in [0.25, 0.3) is 0 Å². The Bertz CT molecular complexity index is 1170. The molecule has 0 unspecified atom stereocenters. The summed E-state index contributed by atoms with van der Waals surface area (Å²) in [5.74, 6) is -1.16. The second-order valence-corrected chi connectivity index (χ2v) is 9.16. The second-order valence-electron chi connectivity index (χ2n) is 9.16. The first-order valence-electron chi connectivity index (χ1n) is 12.5. The van der Waals surface area contributed by atoms with Crippen molar-refractivity contribution in [2.45, 2.75) is 38.3 Å². The van der Waals surface area contributed by atoms with Crippen molar-refractivity contribution in [1.82, 2.24) is 9.47 Å². The number of hydrogen-bond donors (Lipinski definition) is 1. The molecule has 0 bridgehead atoms. The van der Waals surface area contributed by atoms with Crippen molar-refractivity contribution in [3.05, 3.63) is 99.5 Å². The Kier molecular flexibility index (Phi) is 8.57. The predicted molar refractivity (Wildman–Crippen MR) is 139 cm³/mol. The van der Waals surface area contributed by atoms with Gasteiger partial charge in [-0.1, -0.05) is 74.0 Å². The van der Waals surface area contributed by atoms with Gasteiger partial charge in [0, 0.05) is 38.9 Å². The maximum Gasteiger partial charge on any atom is 0.341 e. The van der Waals surface area contributed by atoms with Crippen molar-refractivity contribution < 1.29 is 19.4 Å². The summed E-state index contributed by atoms with van der Waals surface area (Å²) in [6.45, 7) is 4.80. The van der Waals surface area contributed by atoms with Crippen LogP contribution in [0.15, 0.2) is 71.7 Å². The van der Waals surface area contributed by atoms with E-state index in [0.29, 0.717) is 38.5 Å². The molecule has 36 heavy (non-hydrogen) atoms. The molecule has 2 aromatic carbocycles. The Morgan fingerprint density at radius 1 is 1.06 bits per heavy atom. The first kappa shape index (κ1) is 25.7. The third-order valence-corrected chi connectivity index (χ3v) is 6.76. The number of hydrogen-bond acceptors (Lipinski definition) is 5. The fourth-order valence-corrected chi connectivity index (χ4v) is 4.96. The molecule has 0 radical (unpaired) electrons. The van der Waals surface area contributed by atoms with Gasteiger partial charge in [-0.25, -0.2) is 4.79 Å². The van der Waals surface area contributed by atoms with Gasteiger partial charge in [0.15, 0.2) is 5.75 Å². The molecule has 1 aromatic heterocycles. The molecule has 1 aliphatic heterocycles. The number of aromatic carboxylic acids is 1. The Morgan fingerprint density at radius 3 is 2.25 bits per heavy atom. The number of carbonyl (C=O) groups is 1. The number of carboxylic acid groups (broad SMARTS) is 1. The van der Waals surface area contributed by atoms with Gasteiger partial charge < -0.3 is 19.1 Å². The SMILES string of the molecule is CCCCOc1c2n(cc(C(=O)O)c1=O)[C@@H](C(c1ccccc1)c1ccccc1)CN(CCOC)C2. The summed E-state index contributed by atoms with van der Waals surface area (Å²) in [6, 6.07) is 20.3. The lowest BCUT2D eigenvalue weighted by atomic mass is 9.83. The number of fused-ring (bicyclic) bond motifs is 1. The topological polar surface area (TPSA) is 81.0 Å². The molecule has 3 aromatic rings. The minimum Gasteiger partial charge on any atom is -0.488 e. The van der Waals surface area contributed by atoms with Crippen molar-refractivity contribution in [3.8, 4) is 5.75 Å². The number of nitrogens with zero attached hydrogens (tertiary/aromatic N) is 2. The number of methoxy groups -OCH3 is 1. The number of carboxylic acids is 1. The fraction of sp³-hybridized carbons (Fsp3) is 0.379. The molecule has 7 nitrogen and oxygen atoms in total. The average Bonchev–Trinajstić information content (AvgIpc) is 2.90. The summed E-state index contributed by atoms with van der Waals surface area (Å²) in [4.78, 5) is 27.6. The molecule has 1 atom stereocenters. The van der Waals surface area contributed by atoms with Gasteiger partial charge in [0.2, 0.25) is 5.43 Å². The number of aromatic nitrogens is 1. The molecule has 190 valence electrons. The predicted octanol–water partition coefficient (Wildman–Crippen LogP) is 4.56. The zero-order chi connectivity index (χ0) is 25.5. The van der Waals surface area contributed by atoms with E-state index in [1.807, 2.05) is 47.9 Å². The summed E-state index contributed by atoms with van der Waals surface area (Å²) in [7, 11) is 1.68. The summed E-state index contributed by atoms with van der Waals surface area (Å²) >= 11 is 0. The molecule has 1 N–H and O–H groups in total. The van der Waals surface area contributed by atoms with E-state index in [0.717, 1.165) is 24.0 Å². The smallest absolute Gasteiger partial charge is 0.341 e. The van der Waals surface area contributed by atoms with Gasteiger partial charge in [-0.05, 0) is 17.5 Å². The Morgan fingerprint density at radius 2 is 1.69 bits per heavy atom. The maximum atomic E-state index is 13.3. The van der Waals surface area contributed by atoms with Crippen LogP contribution in [0.3, 0.4) is 0 Å². The quantitative estimate of drug-likeness (QED) is 0.397. The third kappa shape index (κ3) is 5.53. The van der Waals surface area contributed by atoms with Gasteiger partial charge in [-0.2, -0.15) is 0 Å². The third-order valence-electron chi connectivity index (χ3n) is 6.76. The maximum absolute atomic E-state index is 13.3. The minimum absolute atomic E-state index is 0.0656. The monoisotopic (exact) mass is 490 g/mol. The molecule has 0 amide bonds. The highest BCUT2D eigenvalue weighted by molar-refractivity contribution is 5.87. The number of unbranched alkanes of at least 4 members (excludes halogenated alkanes) is 1. The molecule has 0 spiro atoms. The van der Waals surface area contributed by atoms with Crippen LogP contribution in [0.5, 0.6) is 5.75 Å². The lowest BCUT2D eigenvalue weighted by Crippen LogP contribution is -2.43. The molecule has 0 saturated heterocycles. The van der Waals surface area contributed by atoms with Gasteiger partial charge in [0.1, 0.15) is 5.56 Å². The highest BCUT2D eigenvalue weighted by Gasteiger charge is 2.36. The fourth-order valence-electron chi connectivity index (χ4n) is 4.96. The highest BCUT2D eigenvalue weighted by Crippen LogP contribution is 2.40. The van der Waals surface area contributed by atoms with Gasteiger partial charge in [-0.15, -0.1) is 0 Å². The largest absolute Gasteiger partial charge is 0.488 e. The first-order valence-corrected chi connectivity index (χ1v) is 12.5. The number of rotatable bonds is 11. The van der Waals surface area contributed by atoms with Crippen LogP contribution >= 0.6 is 0 Å². The molecule has 1 aliphatic rings.